The van der Waals surface area contributed by atoms with Crippen molar-refractivity contribution >= 4 is 34.7 Å². The van der Waals surface area contributed by atoms with Gasteiger partial charge in [-0.2, -0.15) is 0 Å². The van der Waals surface area contributed by atoms with Crippen LogP contribution < -0.4 is 10.6 Å². The summed E-state index contributed by atoms with van der Waals surface area (Å²) in [4.78, 5) is 16.2. The topological polar surface area (TPSA) is 80.0 Å². The molecule has 0 bridgehead atoms. The second-order valence-corrected chi connectivity index (χ2v) is 5.28. The molecule has 2 aromatic heterocycles. The molecule has 2 N–H and O–H groups in total. The highest BCUT2D eigenvalue weighted by atomic mass is 35.5. The van der Waals surface area contributed by atoms with Crippen LogP contribution >= 0.6 is 11.6 Å². The first-order chi connectivity index (χ1) is 11.1. The van der Waals surface area contributed by atoms with E-state index in [1.807, 2.05) is 12.1 Å². The van der Waals surface area contributed by atoms with Gasteiger partial charge in [0.05, 0.1) is 0 Å². The number of benzene rings is 1. The summed E-state index contributed by atoms with van der Waals surface area (Å²) in [5.74, 6) is 0.606. The van der Waals surface area contributed by atoms with E-state index < -0.39 is 0 Å². The quantitative estimate of drug-likeness (QED) is 0.756. The molecule has 2 heterocycles. The van der Waals surface area contributed by atoms with Crippen molar-refractivity contribution in [3.05, 3.63) is 65.1 Å². The zero-order valence-electron chi connectivity index (χ0n) is 12.2. The van der Waals surface area contributed by atoms with Crippen LogP contribution in [0.2, 0.25) is 5.02 Å². The van der Waals surface area contributed by atoms with Crippen molar-refractivity contribution in [1.82, 2.24) is 10.1 Å². The Hall–Kier alpha value is -2.86. The summed E-state index contributed by atoms with van der Waals surface area (Å²) in [5, 5.41) is 10.2. The summed E-state index contributed by atoms with van der Waals surface area (Å²) >= 11 is 5.86. The lowest BCUT2D eigenvalue weighted by Gasteiger charge is -2.07. The summed E-state index contributed by atoms with van der Waals surface area (Å²) in [6.45, 7) is 1.75. The molecule has 0 aliphatic heterocycles. The maximum absolute atomic E-state index is 12.2. The molecule has 116 valence electrons. The van der Waals surface area contributed by atoms with E-state index in [0.717, 1.165) is 11.4 Å². The number of rotatable bonds is 4. The molecule has 0 unspecified atom stereocenters. The van der Waals surface area contributed by atoms with Crippen LogP contribution in [0, 0.1) is 6.92 Å². The zero-order valence-corrected chi connectivity index (χ0v) is 13.0. The molecular formula is C16H13ClN4O2. The molecule has 6 nitrogen and oxygen atoms in total. The molecule has 0 saturated heterocycles. The third-order valence-corrected chi connectivity index (χ3v) is 3.25. The molecule has 0 saturated carbocycles. The monoisotopic (exact) mass is 328 g/mol. The minimum absolute atomic E-state index is 0.268. The summed E-state index contributed by atoms with van der Waals surface area (Å²) in [6.07, 6.45) is 1.56. The average Bonchev–Trinajstić information content (AvgIpc) is 2.95. The van der Waals surface area contributed by atoms with E-state index in [2.05, 4.69) is 20.8 Å². The fraction of sp³-hybridized carbons (Fsp3) is 0.0625. The Labute approximate surface area is 137 Å². The fourth-order valence-corrected chi connectivity index (χ4v) is 2.06. The lowest BCUT2D eigenvalue weighted by Crippen LogP contribution is -2.14. The molecule has 0 aliphatic carbocycles. The van der Waals surface area contributed by atoms with Gasteiger partial charge in [0.25, 0.3) is 5.91 Å². The van der Waals surface area contributed by atoms with E-state index in [4.69, 9.17) is 16.1 Å². The molecule has 0 spiro atoms. The minimum atomic E-state index is -0.363. The first kappa shape index (κ1) is 15.1. The van der Waals surface area contributed by atoms with E-state index in [1.165, 1.54) is 0 Å². The second kappa shape index (κ2) is 6.50. The number of carbonyl (C=O) groups excluding carboxylic acids is 1. The summed E-state index contributed by atoms with van der Waals surface area (Å²) in [5.41, 5.74) is 1.87. The first-order valence-electron chi connectivity index (χ1n) is 6.83. The van der Waals surface area contributed by atoms with Crippen LogP contribution in [-0.4, -0.2) is 16.0 Å². The van der Waals surface area contributed by atoms with Gasteiger partial charge in [-0.05, 0) is 43.3 Å². The van der Waals surface area contributed by atoms with Crippen molar-refractivity contribution in [2.24, 2.45) is 0 Å². The number of aromatic nitrogens is 2. The number of hydrogen-bond acceptors (Lipinski definition) is 5. The van der Waals surface area contributed by atoms with E-state index in [1.54, 1.807) is 43.5 Å². The smallest absolute Gasteiger partial charge is 0.275 e. The third kappa shape index (κ3) is 3.87. The van der Waals surface area contributed by atoms with E-state index in [-0.39, 0.29) is 11.6 Å². The first-order valence-corrected chi connectivity index (χ1v) is 7.21. The van der Waals surface area contributed by atoms with Crippen molar-refractivity contribution < 1.29 is 9.32 Å². The normalized spacial score (nSPS) is 10.3. The number of anilines is 3. The van der Waals surface area contributed by atoms with Crippen molar-refractivity contribution in [3.63, 3.8) is 0 Å². The van der Waals surface area contributed by atoms with E-state index in [9.17, 15) is 4.79 Å². The highest BCUT2D eigenvalue weighted by Crippen LogP contribution is 2.19. The molecule has 23 heavy (non-hydrogen) atoms. The number of pyridine rings is 1. The molecular weight excluding hydrogens is 316 g/mol. The van der Waals surface area contributed by atoms with Crippen molar-refractivity contribution in [3.8, 4) is 0 Å². The summed E-state index contributed by atoms with van der Waals surface area (Å²) in [7, 11) is 0. The van der Waals surface area contributed by atoms with Gasteiger partial charge in [0.1, 0.15) is 11.5 Å². The predicted octanol–water partition coefficient (Wildman–Crippen LogP) is 4.03. The molecule has 0 fully saturated rings. The van der Waals surface area contributed by atoms with Crippen LogP contribution in [0.5, 0.6) is 0 Å². The SMILES string of the molecule is Cc1cc(NC(=O)c2cc(Nc3ccc(Cl)cc3)ccn2)no1. The number of carbonyl (C=O) groups is 1. The van der Waals surface area contributed by atoms with Crippen LogP contribution in [0.4, 0.5) is 17.2 Å². The Morgan fingerprint density at radius 1 is 1.13 bits per heavy atom. The summed E-state index contributed by atoms with van der Waals surface area (Å²) < 4.78 is 4.91. The third-order valence-electron chi connectivity index (χ3n) is 3.00. The number of nitrogens with zero attached hydrogens (tertiary/aromatic N) is 2. The van der Waals surface area contributed by atoms with Gasteiger partial charge in [0, 0.05) is 28.7 Å². The van der Waals surface area contributed by atoms with Gasteiger partial charge >= 0.3 is 0 Å². The molecule has 7 heteroatoms. The minimum Gasteiger partial charge on any atom is -0.360 e. The van der Waals surface area contributed by atoms with Crippen molar-refractivity contribution in [2.75, 3.05) is 10.6 Å². The van der Waals surface area contributed by atoms with Crippen LogP contribution in [0.1, 0.15) is 16.2 Å². The Morgan fingerprint density at radius 3 is 2.61 bits per heavy atom. The Morgan fingerprint density at radius 2 is 1.91 bits per heavy atom. The van der Waals surface area contributed by atoms with Gasteiger partial charge in [-0.1, -0.05) is 16.8 Å². The molecule has 0 atom stereocenters. The second-order valence-electron chi connectivity index (χ2n) is 4.84. The maximum Gasteiger partial charge on any atom is 0.275 e. The van der Waals surface area contributed by atoms with Gasteiger partial charge in [0.15, 0.2) is 5.82 Å². The largest absolute Gasteiger partial charge is 0.360 e. The molecule has 3 rings (SSSR count). The van der Waals surface area contributed by atoms with Crippen molar-refractivity contribution in [2.45, 2.75) is 6.92 Å². The van der Waals surface area contributed by atoms with Crippen LogP contribution in [0.25, 0.3) is 0 Å². The Balaban J connectivity index is 1.73. The molecule has 0 radical (unpaired) electrons. The van der Waals surface area contributed by atoms with Gasteiger partial charge in [-0.15, -0.1) is 0 Å². The number of aryl methyl sites for hydroxylation is 1. The van der Waals surface area contributed by atoms with Crippen LogP contribution in [-0.2, 0) is 0 Å². The van der Waals surface area contributed by atoms with E-state index in [0.29, 0.717) is 16.6 Å². The highest BCUT2D eigenvalue weighted by Gasteiger charge is 2.11. The molecule has 0 aliphatic rings. The lowest BCUT2D eigenvalue weighted by molar-refractivity contribution is 0.102. The standard InChI is InChI=1S/C16H13ClN4O2/c1-10-8-15(21-23-10)20-16(22)14-9-13(6-7-18-14)19-12-4-2-11(17)3-5-12/h2-9H,1H3,(H,18,19)(H,20,21,22). The summed E-state index contributed by atoms with van der Waals surface area (Å²) in [6, 6.07) is 12.3. The Bertz CT molecular complexity index is 830. The van der Waals surface area contributed by atoms with Crippen molar-refractivity contribution in [1.29, 1.82) is 0 Å². The van der Waals surface area contributed by atoms with Gasteiger partial charge < -0.3 is 15.2 Å². The molecule has 3 aromatic rings. The highest BCUT2D eigenvalue weighted by molar-refractivity contribution is 6.30. The van der Waals surface area contributed by atoms with Gasteiger partial charge in [-0.3, -0.25) is 9.78 Å². The predicted molar refractivity (Wildman–Crippen MR) is 88.2 cm³/mol. The number of hydrogen-bond donors (Lipinski definition) is 2. The van der Waals surface area contributed by atoms with E-state index >= 15 is 0 Å². The average molecular weight is 329 g/mol. The van der Waals surface area contributed by atoms with Crippen LogP contribution in [0.3, 0.4) is 0 Å². The number of amides is 1. The molecule has 1 amide bonds. The zero-order chi connectivity index (χ0) is 16.2. The fourth-order valence-electron chi connectivity index (χ4n) is 1.94. The van der Waals surface area contributed by atoms with Gasteiger partial charge in [0.2, 0.25) is 0 Å². The number of nitrogens with one attached hydrogen (secondary N) is 2. The molecule has 1 aromatic carbocycles. The van der Waals surface area contributed by atoms with Gasteiger partial charge in [-0.25, -0.2) is 0 Å². The maximum atomic E-state index is 12.2. The lowest BCUT2D eigenvalue weighted by atomic mass is 10.2. The number of halogens is 1. The van der Waals surface area contributed by atoms with Crippen LogP contribution in [0.15, 0.2) is 53.2 Å². The Kier molecular flexibility index (Phi) is 4.25.